The van der Waals surface area contributed by atoms with Crippen LogP contribution >= 0.6 is 0 Å². The highest BCUT2D eigenvalue weighted by Crippen LogP contribution is 2.50. The van der Waals surface area contributed by atoms with Gasteiger partial charge in [0.1, 0.15) is 0 Å². The van der Waals surface area contributed by atoms with Crippen molar-refractivity contribution in [3.8, 4) is 0 Å². The molecule has 0 aromatic heterocycles. The van der Waals surface area contributed by atoms with E-state index in [1.807, 2.05) is 0 Å². The Morgan fingerprint density at radius 3 is 2.38 bits per heavy atom. The van der Waals surface area contributed by atoms with Crippen molar-refractivity contribution in [1.82, 2.24) is 10.2 Å². The SMILES string of the molecule is O=C(NC1(CN2CCC2)CC1)C1(c2cccc(C(F)(F)F)c2)CC1. The second kappa shape index (κ2) is 5.22. The molecule has 1 aromatic rings. The maximum atomic E-state index is 12.9. The van der Waals surface area contributed by atoms with Gasteiger partial charge in [-0.3, -0.25) is 4.79 Å². The maximum absolute atomic E-state index is 12.9. The minimum absolute atomic E-state index is 0.0974. The lowest BCUT2D eigenvalue weighted by Crippen LogP contribution is -2.52. The lowest BCUT2D eigenvalue weighted by Gasteiger charge is -2.35. The Bertz CT molecular complexity index is 658. The van der Waals surface area contributed by atoms with Gasteiger partial charge in [-0.05, 0) is 56.8 Å². The summed E-state index contributed by atoms with van der Waals surface area (Å²) in [6.07, 6.45) is 0.0116. The van der Waals surface area contributed by atoms with E-state index in [9.17, 15) is 18.0 Å². The van der Waals surface area contributed by atoms with Crippen LogP contribution in [-0.4, -0.2) is 36.0 Å². The lowest BCUT2D eigenvalue weighted by molar-refractivity contribution is -0.137. The first-order valence-corrected chi connectivity index (χ1v) is 8.56. The fraction of sp³-hybridized carbons (Fsp3) is 0.611. The van der Waals surface area contributed by atoms with Gasteiger partial charge in [-0.25, -0.2) is 0 Å². The van der Waals surface area contributed by atoms with Gasteiger partial charge in [0.15, 0.2) is 0 Å². The summed E-state index contributed by atoms with van der Waals surface area (Å²) in [5.41, 5.74) is -1.09. The Kier molecular flexibility index (Phi) is 3.46. The van der Waals surface area contributed by atoms with Crippen molar-refractivity contribution >= 4 is 5.91 Å². The van der Waals surface area contributed by atoms with Crippen molar-refractivity contribution < 1.29 is 18.0 Å². The number of rotatable bonds is 5. The van der Waals surface area contributed by atoms with E-state index in [1.54, 1.807) is 6.07 Å². The van der Waals surface area contributed by atoms with Crippen molar-refractivity contribution in [3.05, 3.63) is 35.4 Å². The smallest absolute Gasteiger partial charge is 0.349 e. The number of amides is 1. The molecule has 1 heterocycles. The van der Waals surface area contributed by atoms with Gasteiger partial charge in [-0.15, -0.1) is 0 Å². The Morgan fingerprint density at radius 1 is 1.17 bits per heavy atom. The predicted molar refractivity (Wildman–Crippen MR) is 83.5 cm³/mol. The molecule has 1 saturated heterocycles. The van der Waals surface area contributed by atoms with Gasteiger partial charge in [0, 0.05) is 6.54 Å². The van der Waals surface area contributed by atoms with Gasteiger partial charge >= 0.3 is 6.18 Å². The van der Waals surface area contributed by atoms with Crippen molar-refractivity contribution in [3.63, 3.8) is 0 Å². The monoisotopic (exact) mass is 338 g/mol. The van der Waals surface area contributed by atoms with E-state index < -0.39 is 17.2 Å². The molecular formula is C18H21F3N2O. The molecule has 0 bridgehead atoms. The van der Waals surface area contributed by atoms with Crippen LogP contribution in [0.15, 0.2) is 24.3 Å². The molecule has 6 heteroatoms. The van der Waals surface area contributed by atoms with Crippen LogP contribution < -0.4 is 5.32 Å². The minimum atomic E-state index is -4.38. The summed E-state index contributed by atoms with van der Waals surface area (Å²) in [6, 6.07) is 5.25. The third-order valence-corrected chi connectivity index (χ3v) is 5.63. The second-order valence-electron chi connectivity index (χ2n) is 7.52. The average molecular weight is 338 g/mol. The quantitative estimate of drug-likeness (QED) is 0.895. The molecule has 0 unspecified atom stereocenters. The van der Waals surface area contributed by atoms with Gasteiger partial charge in [0.05, 0.1) is 16.5 Å². The Labute approximate surface area is 139 Å². The lowest BCUT2D eigenvalue weighted by atomic mass is 9.92. The average Bonchev–Trinajstić information content (AvgIpc) is 3.38. The summed E-state index contributed by atoms with van der Waals surface area (Å²) in [7, 11) is 0. The van der Waals surface area contributed by atoms with E-state index >= 15 is 0 Å². The first kappa shape index (κ1) is 15.9. The molecule has 1 N–H and O–H groups in total. The molecular weight excluding hydrogens is 317 g/mol. The van der Waals surface area contributed by atoms with Gasteiger partial charge in [0.25, 0.3) is 0 Å². The van der Waals surface area contributed by atoms with E-state index in [2.05, 4.69) is 10.2 Å². The third kappa shape index (κ3) is 2.81. The highest BCUT2D eigenvalue weighted by atomic mass is 19.4. The Morgan fingerprint density at radius 2 is 1.88 bits per heavy atom. The van der Waals surface area contributed by atoms with Crippen LogP contribution in [0.4, 0.5) is 13.2 Å². The van der Waals surface area contributed by atoms with Crippen molar-refractivity contribution in [2.24, 2.45) is 0 Å². The zero-order valence-electron chi connectivity index (χ0n) is 13.5. The molecule has 24 heavy (non-hydrogen) atoms. The molecule has 2 aliphatic carbocycles. The van der Waals surface area contributed by atoms with E-state index in [-0.39, 0.29) is 11.4 Å². The Balaban J connectivity index is 1.50. The maximum Gasteiger partial charge on any atom is 0.416 e. The molecule has 1 amide bonds. The standard InChI is InChI=1S/C18H21F3N2O/c19-18(20,21)14-4-1-3-13(11-14)17(7-8-17)15(24)22-16(5-6-16)12-23-9-2-10-23/h1,3-4,11H,2,5-10,12H2,(H,22,24). The van der Waals surface area contributed by atoms with Crippen LogP contribution in [0, 0.1) is 0 Å². The van der Waals surface area contributed by atoms with Gasteiger partial charge in [-0.1, -0.05) is 18.2 Å². The van der Waals surface area contributed by atoms with E-state index in [0.29, 0.717) is 18.4 Å². The molecule has 0 atom stereocenters. The molecule has 4 rings (SSSR count). The molecule has 0 radical (unpaired) electrons. The second-order valence-corrected chi connectivity index (χ2v) is 7.52. The van der Waals surface area contributed by atoms with E-state index in [4.69, 9.17) is 0 Å². The number of hydrogen-bond acceptors (Lipinski definition) is 2. The van der Waals surface area contributed by atoms with Gasteiger partial charge < -0.3 is 10.2 Å². The largest absolute Gasteiger partial charge is 0.416 e. The van der Waals surface area contributed by atoms with Crippen LogP contribution in [0.5, 0.6) is 0 Å². The summed E-state index contributed by atoms with van der Waals surface area (Å²) >= 11 is 0. The van der Waals surface area contributed by atoms with Gasteiger partial charge in [0.2, 0.25) is 5.91 Å². The van der Waals surface area contributed by atoms with Crippen LogP contribution in [0.1, 0.15) is 43.2 Å². The number of nitrogens with zero attached hydrogens (tertiary/aromatic N) is 1. The van der Waals surface area contributed by atoms with Crippen molar-refractivity contribution in [2.75, 3.05) is 19.6 Å². The molecule has 130 valence electrons. The predicted octanol–water partition coefficient (Wildman–Crippen LogP) is 3.09. The molecule has 1 aromatic carbocycles. The number of likely N-dealkylation sites (tertiary alicyclic amines) is 1. The molecule has 3 nitrogen and oxygen atoms in total. The van der Waals surface area contributed by atoms with Crippen LogP contribution in [0.3, 0.4) is 0 Å². The highest BCUT2D eigenvalue weighted by molar-refractivity contribution is 5.92. The molecule has 2 saturated carbocycles. The number of hydrogen-bond donors (Lipinski definition) is 1. The van der Waals surface area contributed by atoms with Crippen LogP contribution in [0.25, 0.3) is 0 Å². The molecule has 1 aliphatic heterocycles. The first-order valence-electron chi connectivity index (χ1n) is 8.56. The summed E-state index contributed by atoms with van der Waals surface area (Å²) in [6.45, 7) is 3.03. The fourth-order valence-corrected chi connectivity index (χ4v) is 3.57. The summed E-state index contributed by atoms with van der Waals surface area (Å²) in [5.74, 6) is -0.0974. The number of carbonyl (C=O) groups excluding carboxylic acids is 1. The zero-order valence-corrected chi connectivity index (χ0v) is 13.5. The highest BCUT2D eigenvalue weighted by Gasteiger charge is 2.56. The number of alkyl halides is 3. The number of halogens is 3. The van der Waals surface area contributed by atoms with Crippen LogP contribution in [0.2, 0.25) is 0 Å². The van der Waals surface area contributed by atoms with Crippen molar-refractivity contribution in [1.29, 1.82) is 0 Å². The zero-order chi connectivity index (χ0) is 17.0. The summed E-state index contributed by atoms with van der Waals surface area (Å²) in [5, 5.41) is 3.16. The molecule has 0 spiro atoms. The van der Waals surface area contributed by atoms with E-state index in [1.165, 1.54) is 12.5 Å². The third-order valence-electron chi connectivity index (χ3n) is 5.63. The van der Waals surface area contributed by atoms with Gasteiger partial charge in [-0.2, -0.15) is 13.2 Å². The Hall–Kier alpha value is -1.56. The van der Waals surface area contributed by atoms with Crippen molar-refractivity contribution in [2.45, 2.75) is 49.2 Å². The minimum Gasteiger partial charge on any atom is -0.349 e. The molecule has 3 aliphatic rings. The fourth-order valence-electron chi connectivity index (χ4n) is 3.57. The van der Waals surface area contributed by atoms with Crippen LogP contribution in [-0.2, 0) is 16.4 Å². The topological polar surface area (TPSA) is 32.3 Å². The first-order chi connectivity index (χ1) is 11.3. The summed E-state index contributed by atoms with van der Waals surface area (Å²) < 4.78 is 38.8. The number of benzene rings is 1. The van der Waals surface area contributed by atoms with E-state index in [0.717, 1.165) is 44.6 Å². The summed E-state index contributed by atoms with van der Waals surface area (Å²) in [4.78, 5) is 15.2. The normalized spacial score (nSPS) is 24.1. The number of nitrogens with one attached hydrogen (secondary N) is 1. The number of carbonyl (C=O) groups is 1. The molecule has 3 fully saturated rings.